The smallest absolute Gasteiger partial charge is 0.407 e. The van der Waals surface area contributed by atoms with E-state index in [2.05, 4.69) is 49.6 Å². The van der Waals surface area contributed by atoms with Gasteiger partial charge in [-0.25, -0.2) is 19.6 Å². The molecule has 2 aromatic heterocycles. The van der Waals surface area contributed by atoms with Gasteiger partial charge in [0, 0.05) is 23.0 Å². The van der Waals surface area contributed by atoms with E-state index in [-0.39, 0.29) is 36.0 Å². The first-order valence-electron chi connectivity index (χ1n) is 20.1. The molecule has 0 saturated carbocycles. The summed E-state index contributed by atoms with van der Waals surface area (Å²) in [6.45, 7) is 7.57. The quantitative estimate of drug-likeness (QED) is 0.120. The van der Waals surface area contributed by atoms with E-state index >= 15 is 0 Å². The maximum Gasteiger partial charge on any atom is 0.407 e. The minimum absolute atomic E-state index is 0.0224. The van der Waals surface area contributed by atoms with Crippen molar-refractivity contribution in [1.82, 2.24) is 40.4 Å². The predicted octanol–water partition coefficient (Wildman–Crippen LogP) is 5.87. The summed E-state index contributed by atoms with van der Waals surface area (Å²) in [7, 11) is 2.49. The summed E-state index contributed by atoms with van der Waals surface area (Å²) < 4.78 is 15.9. The molecule has 8 rings (SSSR count). The molecular weight excluding hydrogens is 757 g/mol. The van der Waals surface area contributed by atoms with Crippen LogP contribution < -0.4 is 15.4 Å². The highest BCUT2D eigenvalue weighted by Crippen LogP contribution is 2.44. The Morgan fingerprint density at radius 1 is 0.864 bits per heavy atom. The fourth-order valence-corrected chi connectivity index (χ4v) is 8.96. The molecule has 59 heavy (non-hydrogen) atoms. The van der Waals surface area contributed by atoms with E-state index in [9.17, 15) is 24.3 Å². The zero-order valence-corrected chi connectivity index (χ0v) is 34.0. The van der Waals surface area contributed by atoms with Gasteiger partial charge in [0.25, 0.3) is 0 Å². The molecule has 1 unspecified atom stereocenters. The largest absolute Gasteiger partial charge is 0.488 e. The molecule has 6 atom stereocenters. The third-order valence-corrected chi connectivity index (χ3v) is 12.1. The van der Waals surface area contributed by atoms with Gasteiger partial charge in [-0.05, 0) is 91.8 Å². The van der Waals surface area contributed by atoms with Crippen molar-refractivity contribution in [1.29, 1.82) is 0 Å². The van der Waals surface area contributed by atoms with Crippen molar-refractivity contribution in [3.8, 4) is 28.1 Å². The van der Waals surface area contributed by atoms with Crippen LogP contribution in [0.2, 0.25) is 0 Å². The molecule has 3 aromatic carbocycles. The maximum atomic E-state index is 13.8. The van der Waals surface area contributed by atoms with Gasteiger partial charge in [-0.1, -0.05) is 32.0 Å². The van der Waals surface area contributed by atoms with E-state index < -0.39 is 36.8 Å². The summed E-state index contributed by atoms with van der Waals surface area (Å²) in [5, 5.41) is 17.0. The number of likely N-dealkylation sites (tertiary alicyclic amines) is 2. The first kappa shape index (κ1) is 39.7. The van der Waals surface area contributed by atoms with Crippen LogP contribution in [0.15, 0.2) is 48.7 Å². The molecule has 3 aliphatic rings. The number of ether oxygens (including phenoxy) is 3. The molecule has 2 saturated heterocycles. The molecule has 4 amide bonds. The molecule has 16 heteroatoms. The number of aromatic amines is 2. The summed E-state index contributed by atoms with van der Waals surface area (Å²) in [5.74, 6) is 1.38. The molecule has 5 aromatic rings. The van der Waals surface area contributed by atoms with Gasteiger partial charge in [0.1, 0.15) is 36.1 Å². The normalized spacial score (nSPS) is 20.9. The van der Waals surface area contributed by atoms with E-state index in [1.54, 1.807) is 11.1 Å². The minimum atomic E-state index is -1.14. The number of amides is 4. The van der Waals surface area contributed by atoms with Gasteiger partial charge in [-0.15, -0.1) is 0 Å². The molecule has 310 valence electrons. The number of alkyl carbamates (subject to hydrolysis) is 2. The number of methoxy groups -OCH3 is 2. The van der Waals surface area contributed by atoms with E-state index in [1.165, 1.54) is 14.2 Å². The Bertz CT molecular complexity index is 2440. The van der Waals surface area contributed by atoms with Gasteiger partial charge in [0.15, 0.2) is 0 Å². The van der Waals surface area contributed by atoms with Crippen molar-refractivity contribution in [2.75, 3.05) is 20.8 Å². The number of nitrogens with zero attached hydrogens (tertiary/aromatic N) is 4. The van der Waals surface area contributed by atoms with Crippen LogP contribution in [0.4, 0.5) is 9.59 Å². The average Bonchev–Trinajstić information content (AvgIpc) is 4.06. The van der Waals surface area contributed by atoms with Gasteiger partial charge < -0.3 is 49.7 Å². The van der Waals surface area contributed by atoms with Gasteiger partial charge in [-0.2, -0.15) is 0 Å². The van der Waals surface area contributed by atoms with Gasteiger partial charge in [0.2, 0.25) is 11.8 Å². The average molecular weight is 807 g/mol. The number of hydrogen-bond acceptors (Lipinski definition) is 10. The Balaban J connectivity index is 1.04. The third-order valence-electron chi connectivity index (χ3n) is 12.1. The molecule has 0 aliphatic carbocycles. The second-order valence-corrected chi connectivity index (χ2v) is 16.1. The van der Waals surface area contributed by atoms with Crippen LogP contribution in [0.25, 0.3) is 44.2 Å². The number of aromatic nitrogens is 4. The number of aliphatic hydroxyl groups is 1. The maximum absolute atomic E-state index is 13.8. The monoisotopic (exact) mass is 806 g/mol. The first-order valence-corrected chi connectivity index (χ1v) is 20.1. The topological polar surface area (TPSA) is 204 Å². The Labute approximate surface area is 341 Å². The number of nitrogens with one attached hydrogen (secondary N) is 4. The Morgan fingerprint density at radius 2 is 1.56 bits per heavy atom. The fourth-order valence-electron chi connectivity index (χ4n) is 8.96. The fraction of sp³-hybridized carbons (Fsp3) is 0.442. The zero-order chi connectivity index (χ0) is 41.7. The number of H-pyrrole nitrogens is 2. The van der Waals surface area contributed by atoms with Crippen molar-refractivity contribution in [2.45, 2.75) is 96.2 Å². The molecule has 5 N–H and O–H groups in total. The van der Waals surface area contributed by atoms with Crippen molar-refractivity contribution >= 4 is 45.8 Å². The third kappa shape index (κ3) is 7.19. The number of carbonyl (C=O) groups is 4. The van der Waals surface area contributed by atoms with Crippen molar-refractivity contribution in [2.24, 2.45) is 5.92 Å². The summed E-state index contributed by atoms with van der Waals surface area (Å²) in [4.78, 5) is 71.7. The first-order chi connectivity index (χ1) is 28.4. The van der Waals surface area contributed by atoms with Crippen molar-refractivity contribution in [3.63, 3.8) is 0 Å². The Kier molecular flexibility index (Phi) is 10.7. The highest BCUT2D eigenvalue weighted by atomic mass is 16.5. The molecule has 16 nitrogen and oxygen atoms in total. The predicted molar refractivity (Wildman–Crippen MR) is 218 cm³/mol. The number of carbonyl (C=O) groups excluding carboxylic acids is 4. The molecular formula is C43H50N8O8. The lowest BCUT2D eigenvalue weighted by Gasteiger charge is -2.32. The van der Waals surface area contributed by atoms with Gasteiger partial charge in [0.05, 0.1) is 55.8 Å². The number of rotatable bonds is 9. The standard InChI is InChI=1S/C43H50N8O8/c1-21(2)36(49-43(56)58-6)41(54)51-23(4)7-13-33(51)38-44-18-31(46-38)25-9-11-27-26(15-25)20-59-35-17-28-24(16-29(27)35)10-12-30-37(28)48-39(45-30)34-14-8-22(3)50(34)40(53)32(19-52)47-42(55)57-5/h9-12,15-18,21-23,32-34,36,52H,7-8,13-14,19-20H2,1-6H3,(H,44,46)(H,45,48)(H,47,55)(H,49,56)/t22-,23-,32-,33-,34?,36-/m0/s1. The molecule has 5 heterocycles. The lowest BCUT2D eigenvalue weighted by molar-refractivity contribution is -0.138. The molecule has 3 aliphatic heterocycles. The lowest BCUT2D eigenvalue weighted by atomic mass is 9.92. The van der Waals surface area contributed by atoms with Crippen LogP contribution in [-0.4, -0.2) is 104 Å². The summed E-state index contributed by atoms with van der Waals surface area (Å²) in [5.41, 5.74) is 6.40. The summed E-state index contributed by atoms with van der Waals surface area (Å²) >= 11 is 0. The van der Waals surface area contributed by atoms with Crippen molar-refractivity contribution < 1.29 is 38.5 Å². The number of hydrogen-bond donors (Lipinski definition) is 5. The van der Waals surface area contributed by atoms with Crippen LogP contribution in [0.5, 0.6) is 5.75 Å². The van der Waals surface area contributed by atoms with Crippen LogP contribution in [0.3, 0.4) is 0 Å². The molecule has 0 bridgehead atoms. The van der Waals surface area contributed by atoms with Gasteiger partial charge >= 0.3 is 12.2 Å². The highest BCUT2D eigenvalue weighted by molar-refractivity contribution is 6.07. The van der Waals surface area contributed by atoms with Crippen LogP contribution in [-0.2, 0) is 25.7 Å². The van der Waals surface area contributed by atoms with Crippen LogP contribution in [0, 0.1) is 5.92 Å². The van der Waals surface area contributed by atoms with Crippen molar-refractivity contribution in [3.05, 3.63) is 65.9 Å². The van der Waals surface area contributed by atoms with E-state index in [4.69, 9.17) is 19.4 Å². The van der Waals surface area contributed by atoms with Gasteiger partial charge in [-0.3, -0.25) is 9.59 Å². The highest BCUT2D eigenvalue weighted by Gasteiger charge is 2.42. The molecule has 0 radical (unpaired) electrons. The SMILES string of the molecule is COC(=O)N[C@@H](CO)C(=O)N1C(c2nc3c(ccc4cc5c(cc43)OCc3cc(-c4cnc([C@@H]6CC[C@H](C)N6C(=O)[C@@H](NC(=O)OC)C(C)C)[nH]4)ccc3-5)[nH]2)CC[C@@H]1C. The Hall–Kier alpha value is -6.16. The number of benzene rings is 3. The zero-order valence-electron chi connectivity index (χ0n) is 34.0. The second kappa shape index (κ2) is 15.9. The van der Waals surface area contributed by atoms with Crippen LogP contribution in [0.1, 0.15) is 82.7 Å². The lowest BCUT2D eigenvalue weighted by Crippen LogP contribution is -2.52. The Morgan fingerprint density at radius 3 is 2.25 bits per heavy atom. The van der Waals surface area contributed by atoms with E-state index in [0.717, 1.165) is 74.8 Å². The molecule has 0 spiro atoms. The number of imidazole rings is 2. The minimum Gasteiger partial charge on any atom is -0.488 e. The van der Waals surface area contributed by atoms with Crippen LogP contribution >= 0.6 is 0 Å². The summed E-state index contributed by atoms with van der Waals surface area (Å²) in [6, 6.07) is 11.8. The second-order valence-electron chi connectivity index (χ2n) is 16.1. The molecule has 2 fully saturated rings. The number of fused-ring (bicyclic) bond motifs is 6. The van der Waals surface area contributed by atoms with E-state index in [1.807, 2.05) is 50.8 Å². The number of aliphatic hydroxyl groups excluding tert-OH is 1. The van der Waals surface area contributed by atoms with E-state index in [0.29, 0.717) is 24.7 Å². The summed E-state index contributed by atoms with van der Waals surface area (Å²) in [6.07, 6.45) is 3.35.